The minimum atomic E-state index is -1.04. The van der Waals surface area contributed by atoms with Crippen LogP contribution in [-0.4, -0.2) is 21.0 Å². The van der Waals surface area contributed by atoms with E-state index in [0.29, 0.717) is 11.5 Å². The number of aromatic carboxylic acids is 1. The molecule has 0 bridgehead atoms. The van der Waals surface area contributed by atoms with Crippen molar-refractivity contribution in [3.63, 3.8) is 0 Å². The van der Waals surface area contributed by atoms with Crippen molar-refractivity contribution in [2.24, 2.45) is 0 Å². The van der Waals surface area contributed by atoms with E-state index in [4.69, 9.17) is 9.52 Å². The molecule has 0 aliphatic heterocycles. The van der Waals surface area contributed by atoms with Crippen LogP contribution in [0.15, 0.2) is 22.9 Å². The van der Waals surface area contributed by atoms with Crippen molar-refractivity contribution < 1.29 is 18.7 Å². The molecular weight excluding hydrogens is 241 g/mol. The Morgan fingerprint density at radius 3 is 2.72 bits per heavy atom. The third kappa shape index (κ3) is 2.62. The van der Waals surface area contributed by atoms with Crippen molar-refractivity contribution >= 4 is 11.9 Å². The van der Waals surface area contributed by atoms with E-state index in [1.807, 2.05) is 0 Å². The maximum atomic E-state index is 12.6. The van der Waals surface area contributed by atoms with Crippen molar-refractivity contribution in [3.8, 4) is 0 Å². The first kappa shape index (κ1) is 12.0. The lowest BCUT2D eigenvalue weighted by Gasteiger charge is -2.00. The van der Waals surface area contributed by atoms with Crippen LogP contribution in [-0.2, 0) is 6.54 Å². The molecule has 0 saturated heterocycles. The van der Waals surface area contributed by atoms with Crippen LogP contribution in [0.2, 0.25) is 0 Å². The summed E-state index contributed by atoms with van der Waals surface area (Å²) in [4.78, 5) is 18.2. The molecule has 0 atom stereocenters. The molecule has 0 unspecified atom stereocenters. The van der Waals surface area contributed by atoms with Crippen molar-refractivity contribution in [3.05, 3.63) is 41.4 Å². The summed E-state index contributed by atoms with van der Waals surface area (Å²) in [7, 11) is 0. The van der Waals surface area contributed by atoms with Crippen LogP contribution < -0.4 is 5.32 Å². The Hall–Kier alpha value is -2.44. The molecule has 0 spiro atoms. The fourth-order valence-electron chi connectivity index (χ4n) is 1.41. The van der Waals surface area contributed by atoms with Gasteiger partial charge in [0.25, 0.3) is 0 Å². The van der Waals surface area contributed by atoms with E-state index in [9.17, 15) is 9.18 Å². The number of carboxylic acids is 1. The zero-order valence-electron chi connectivity index (χ0n) is 9.48. The third-order valence-corrected chi connectivity index (χ3v) is 2.24. The second-order valence-corrected chi connectivity index (χ2v) is 3.57. The van der Waals surface area contributed by atoms with E-state index < -0.39 is 11.8 Å². The van der Waals surface area contributed by atoms with Crippen molar-refractivity contribution in [2.45, 2.75) is 13.5 Å². The average Bonchev–Trinajstić information content (AvgIpc) is 2.70. The molecule has 2 N–H and O–H groups in total. The first-order chi connectivity index (χ1) is 8.56. The van der Waals surface area contributed by atoms with Gasteiger partial charge in [-0.3, -0.25) is 0 Å². The van der Waals surface area contributed by atoms with E-state index in [2.05, 4.69) is 15.3 Å². The van der Waals surface area contributed by atoms with Gasteiger partial charge in [-0.05, 0) is 13.0 Å². The first-order valence-corrected chi connectivity index (χ1v) is 5.10. The van der Waals surface area contributed by atoms with Crippen LogP contribution in [0, 0.1) is 12.7 Å². The highest BCUT2D eigenvalue weighted by atomic mass is 19.1. The summed E-state index contributed by atoms with van der Waals surface area (Å²) in [5.41, 5.74) is 0.117. The Labute approximate surface area is 101 Å². The molecule has 6 nitrogen and oxygen atoms in total. The van der Waals surface area contributed by atoms with Gasteiger partial charge in [0, 0.05) is 0 Å². The van der Waals surface area contributed by atoms with Crippen LogP contribution in [0.25, 0.3) is 0 Å². The van der Waals surface area contributed by atoms with Gasteiger partial charge in [0.15, 0.2) is 5.82 Å². The maximum Gasteiger partial charge on any atom is 0.339 e. The van der Waals surface area contributed by atoms with Crippen molar-refractivity contribution in [1.29, 1.82) is 0 Å². The predicted octanol–water partition coefficient (Wildman–Crippen LogP) is 1.83. The molecule has 7 heteroatoms. The van der Waals surface area contributed by atoms with Gasteiger partial charge in [-0.25, -0.2) is 19.2 Å². The minimum absolute atomic E-state index is 0.117. The van der Waals surface area contributed by atoms with E-state index in [1.165, 1.54) is 6.07 Å². The van der Waals surface area contributed by atoms with E-state index in [-0.39, 0.29) is 18.1 Å². The third-order valence-electron chi connectivity index (χ3n) is 2.24. The summed E-state index contributed by atoms with van der Waals surface area (Å²) in [5, 5.41) is 11.6. The molecule has 0 saturated carbocycles. The molecule has 2 aromatic heterocycles. The Bertz CT molecular complexity index is 565. The molecule has 2 aromatic rings. The second kappa shape index (κ2) is 4.82. The number of hydrogen-bond acceptors (Lipinski definition) is 5. The number of rotatable bonds is 4. The second-order valence-electron chi connectivity index (χ2n) is 3.57. The summed E-state index contributed by atoms with van der Waals surface area (Å²) in [6.45, 7) is 1.79. The van der Waals surface area contributed by atoms with Crippen LogP contribution >= 0.6 is 0 Å². The lowest BCUT2D eigenvalue weighted by molar-refractivity contribution is 0.0695. The first-order valence-electron chi connectivity index (χ1n) is 5.10. The number of nitrogens with one attached hydrogen (secondary N) is 1. The summed E-state index contributed by atoms with van der Waals surface area (Å²) in [6, 6.07) is 1.42. The number of carbonyl (C=O) groups is 1. The SMILES string of the molecule is Cc1oc(CNc2ncc(F)cn2)cc1C(=O)O. The molecule has 0 aromatic carbocycles. The quantitative estimate of drug-likeness (QED) is 0.861. The smallest absolute Gasteiger partial charge is 0.339 e. The monoisotopic (exact) mass is 251 g/mol. The minimum Gasteiger partial charge on any atom is -0.478 e. The van der Waals surface area contributed by atoms with E-state index in [1.54, 1.807) is 6.92 Å². The molecule has 0 aliphatic rings. The molecule has 94 valence electrons. The van der Waals surface area contributed by atoms with Crippen LogP contribution in [0.4, 0.5) is 10.3 Å². The maximum absolute atomic E-state index is 12.6. The summed E-state index contributed by atoms with van der Waals surface area (Å²) < 4.78 is 17.8. The Balaban J connectivity index is 2.04. The van der Waals surface area contributed by atoms with Crippen LogP contribution in [0.3, 0.4) is 0 Å². The van der Waals surface area contributed by atoms with E-state index >= 15 is 0 Å². The van der Waals surface area contributed by atoms with Gasteiger partial charge in [0.2, 0.25) is 5.95 Å². The zero-order valence-corrected chi connectivity index (χ0v) is 9.48. The molecule has 0 radical (unpaired) electrons. The topological polar surface area (TPSA) is 88.3 Å². The average molecular weight is 251 g/mol. The number of anilines is 1. The van der Waals surface area contributed by atoms with Crippen LogP contribution in [0.5, 0.6) is 0 Å². The number of halogens is 1. The van der Waals surface area contributed by atoms with Gasteiger partial charge in [-0.2, -0.15) is 0 Å². The Morgan fingerprint density at radius 2 is 2.17 bits per heavy atom. The van der Waals surface area contributed by atoms with Gasteiger partial charge in [0.1, 0.15) is 17.1 Å². The number of aryl methyl sites for hydroxylation is 1. The molecule has 0 fully saturated rings. The number of carboxylic acid groups (broad SMARTS) is 1. The van der Waals surface area contributed by atoms with Gasteiger partial charge in [-0.15, -0.1) is 0 Å². The van der Waals surface area contributed by atoms with Gasteiger partial charge >= 0.3 is 5.97 Å². The Kier molecular flexibility index (Phi) is 3.22. The molecule has 2 rings (SSSR count). The molecule has 0 aliphatic carbocycles. The Morgan fingerprint density at radius 1 is 1.50 bits per heavy atom. The normalized spacial score (nSPS) is 10.3. The lowest BCUT2D eigenvalue weighted by atomic mass is 10.2. The van der Waals surface area contributed by atoms with Crippen LogP contribution in [0.1, 0.15) is 21.9 Å². The highest BCUT2D eigenvalue weighted by Crippen LogP contribution is 2.15. The largest absolute Gasteiger partial charge is 0.478 e. The highest BCUT2D eigenvalue weighted by molar-refractivity contribution is 5.88. The van der Waals surface area contributed by atoms with E-state index in [0.717, 1.165) is 12.4 Å². The fourth-order valence-corrected chi connectivity index (χ4v) is 1.41. The van der Waals surface area contributed by atoms with Crippen molar-refractivity contribution in [2.75, 3.05) is 5.32 Å². The lowest BCUT2D eigenvalue weighted by Crippen LogP contribution is -2.02. The number of aromatic nitrogens is 2. The van der Waals surface area contributed by atoms with Gasteiger partial charge in [0.05, 0.1) is 18.9 Å². The molecule has 2 heterocycles. The highest BCUT2D eigenvalue weighted by Gasteiger charge is 2.13. The predicted molar refractivity (Wildman–Crippen MR) is 59.7 cm³/mol. The summed E-state index contributed by atoms with van der Waals surface area (Å²) in [6.07, 6.45) is 2.07. The fraction of sp³-hybridized carbons (Fsp3) is 0.182. The molecular formula is C11H10FN3O3. The number of furan rings is 1. The van der Waals surface area contributed by atoms with Gasteiger partial charge in [-0.1, -0.05) is 0 Å². The summed E-state index contributed by atoms with van der Waals surface area (Å²) >= 11 is 0. The van der Waals surface area contributed by atoms with Crippen molar-refractivity contribution in [1.82, 2.24) is 9.97 Å². The molecule has 18 heavy (non-hydrogen) atoms. The summed E-state index contributed by atoms with van der Waals surface area (Å²) in [5.74, 6) is -0.553. The van der Waals surface area contributed by atoms with Gasteiger partial charge < -0.3 is 14.8 Å². The number of hydrogen-bond donors (Lipinski definition) is 2. The zero-order chi connectivity index (χ0) is 13.1. The number of nitrogens with zero attached hydrogens (tertiary/aromatic N) is 2. The molecule has 0 amide bonds. The standard InChI is InChI=1S/C11H10FN3O3/c1-6-9(10(16)17)2-8(18-6)5-15-11-13-3-7(12)4-14-11/h2-4H,5H2,1H3,(H,16,17)(H,13,14,15).